The summed E-state index contributed by atoms with van der Waals surface area (Å²) in [6.45, 7) is 4.84. The average molecular weight is 186 g/mol. The third-order valence-corrected chi connectivity index (χ3v) is 2.23. The SMILES string of the molecule is CCC(=O)N1CCOC(CNC)C1. The van der Waals surface area contributed by atoms with Crippen molar-refractivity contribution in [1.82, 2.24) is 10.2 Å². The van der Waals surface area contributed by atoms with Gasteiger partial charge in [-0.3, -0.25) is 4.79 Å². The maximum Gasteiger partial charge on any atom is 0.222 e. The van der Waals surface area contributed by atoms with Crippen molar-refractivity contribution in [2.75, 3.05) is 33.3 Å². The van der Waals surface area contributed by atoms with E-state index in [0.717, 1.165) is 19.6 Å². The highest BCUT2D eigenvalue weighted by molar-refractivity contribution is 5.75. The fraction of sp³-hybridized carbons (Fsp3) is 0.889. The van der Waals surface area contributed by atoms with Gasteiger partial charge in [-0.25, -0.2) is 0 Å². The zero-order chi connectivity index (χ0) is 9.68. The molecule has 1 N–H and O–H groups in total. The Morgan fingerprint density at radius 3 is 3.08 bits per heavy atom. The lowest BCUT2D eigenvalue weighted by molar-refractivity contribution is -0.138. The Morgan fingerprint density at radius 2 is 2.46 bits per heavy atom. The third kappa shape index (κ3) is 2.97. The van der Waals surface area contributed by atoms with E-state index in [-0.39, 0.29) is 12.0 Å². The molecule has 1 rings (SSSR count). The topological polar surface area (TPSA) is 41.6 Å². The van der Waals surface area contributed by atoms with E-state index in [1.54, 1.807) is 0 Å². The molecule has 0 aromatic heterocycles. The van der Waals surface area contributed by atoms with Gasteiger partial charge in [-0.2, -0.15) is 0 Å². The van der Waals surface area contributed by atoms with Crippen LogP contribution in [-0.2, 0) is 9.53 Å². The Morgan fingerprint density at radius 1 is 1.69 bits per heavy atom. The number of carbonyl (C=O) groups excluding carboxylic acids is 1. The van der Waals surface area contributed by atoms with Crippen molar-refractivity contribution in [2.24, 2.45) is 0 Å². The summed E-state index contributed by atoms with van der Waals surface area (Å²) in [6, 6.07) is 0. The molecule has 0 spiro atoms. The number of carbonyl (C=O) groups is 1. The van der Waals surface area contributed by atoms with Gasteiger partial charge in [0.1, 0.15) is 0 Å². The van der Waals surface area contributed by atoms with E-state index in [1.165, 1.54) is 0 Å². The van der Waals surface area contributed by atoms with Crippen LogP contribution >= 0.6 is 0 Å². The monoisotopic (exact) mass is 186 g/mol. The molecule has 1 aliphatic rings. The zero-order valence-electron chi connectivity index (χ0n) is 8.38. The lowest BCUT2D eigenvalue weighted by Gasteiger charge is -2.32. The number of hydrogen-bond donors (Lipinski definition) is 1. The Balaban J connectivity index is 2.37. The van der Waals surface area contributed by atoms with Gasteiger partial charge in [-0.15, -0.1) is 0 Å². The third-order valence-electron chi connectivity index (χ3n) is 2.23. The molecule has 0 bridgehead atoms. The second kappa shape index (κ2) is 5.19. The number of likely N-dealkylation sites (N-methyl/N-ethyl adjacent to an activating group) is 1. The summed E-state index contributed by atoms with van der Waals surface area (Å²) in [7, 11) is 1.89. The molecule has 1 unspecified atom stereocenters. The first-order valence-electron chi connectivity index (χ1n) is 4.82. The number of ether oxygens (including phenoxy) is 1. The predicted molar refractivity (Wildman–Crippen MR) is 50.5 cm³/mol. The fourth-order valence-corrected chi connectivity index (χ4v) is 1.52. The largest absolute Gasteiger partial charge is 0.373 e. The standard InChI is InChI=1S/C9H18N2O2/c1-3-9(12)11-4-5-13-8(7-11)6-10-2/h8,10H,3-7H2,1-2H3. The molecule has 0 aliphatic carbocycles. The lowest BCUT2D eigenvalue weighted by atomic mass is 10.2. The molecule has 0 aromatic rings. The Hall–Kier alpha value is -0.610. The van der Waals surface area contributed by atoms with Crippen LogP contribution in [-0.4, -0.2) is 50.2 Å². The van der Waals surface area contributed by atoms with Crippen molar-refractivity contribution in [3.63, 3.8) is 0 Å². The highest BCUT2D eigenvalue weighted by Gasteiger charge is 2.22. The van der Waals surface area contributed by atoms with Gasteiger partial charge in [0.05, 0.1) is 12.7 Å². The molecule has 76 valence electrons. The van der Waals surface area contributed by atoms with Crippen LogP contribution in [0.4, 0.5) is 0 Å². The first-order valence-corrected chi connectivity index (χ1v) is 4.82. The smallest absolute Gasteiger partial charge is 0.222 e. The molecule has 4 nitrogen and oxygen atoms in total. The second-order valence-electron chi connectivity index (χ2n) is 3.24. The number of amides is 1. The van der Waals surface area contributed by atoms with Crippen molar-refractivity contribution in [2.45, 2.75) is 19.4 Å². The maximum absolute atomic E-state index is 11.4. The molecule has 0 aromatic carbocycles. The Bertz CT molecular complexity index is 171. The molecule has 1 atom stereocenters. The molecule has 4 heteroatoms. The van der Waals surface area contributed by atoms with Crippen LogP contribution in [0, 0.1) is 0 Å². The van der Waals surface area contributed by atoms with Gasteiger partial charge in [0.2, 0.25) is 5.91 Å². The number of rotatable bonds is 3. The van der Waals surface area contributed by atoms with Gasteiger partial charge < -0.3 is 15.0 Å². The highest BCUT2D eigenvalue weighted by atomic mass is 16.5. The van der Waals surface area contributed by atoms with Crippen LogP contribution < -0.4 is 5.32 Å². The first-order chi connectivity index (χ1) is 6.27. The molecule has 1 fully saturated rings. The summed E-state index contributed by atoms with van der Waals surface area (Å²) < 4.78 is 5.49. The molecule has 1 saturated heterocycles. The average Bonchev–Trinajstić information content (AvgIpc) is 2.18. The number of hydrogen-bond acceptors (Lipinski definition) is 3. The fourth-order valence-electron chi connectivity index (χ4n) is 1.52. The van der Waals surface area contributed by atoms with Crippen LogP contribution in [0.25, 0.3) is 0 Å². The van der Waals surface area contributed by atoms with Crippen LogP contribution in [0.3, 0.4) is 0 Å². The summed E-state index contributed by atoms with van der Waals surface area (Å²) in [4.78, 5) is 13.2. The van der Waals surface area contributed by atoms with E-state index in [4.69, 9.17) is 4.74 Å². The highest BCUT2D eigenvalue weighted by Crippen LogP contribution is 2.05. The predicted octanol–water partition coefficient (Wildman–Crippen LogP) is -0.157. The Kier molecular flexibility index (Phi) is 4.18. The minimum absolute atomic E-state index is 0.161. The number of nitrogens with one attached hydrogen (secondary N) is 1. The minimum Gasteiger partial charge on any atom is -0.373 e. The lowest BCUT2D eigenvalue weighted by Crippen LogP contribution is -2.48. The van der Waals surface area contributed by atoms with Gasteiger partial charge in [-0.1, -0.05) is 6.92 Å². The molecule has 0 radical (unpaired) electrons. The Labute approximate surface area is 79.2 Å². The summed E-state index contributed by atoms with van der Waals surface area (Å²) in [6.07, 6.45) is 0.751. The zero-order valence-corrected chi connectivity index (χ0v) is 8.38. The first kappa shape index (κ1) is 10.5. The van der Waals surface area contributed by atoms with E-state index < -0.39 is 0 Å². The van der Waals surface area contributed by atoms with Crippen molar-refractivity contribution in [3.05, 3.63) is 0 Å². The maximum atomic E-state index is 11.4. The van der Waals surface area contributed by atoms with Crippen molar-refractivity contribution in [3.8, 4) is 0 Å². The molecular weight excluding hydrogens is 168 g/mol. The van der Waals surface area contributed by atoms with Crippen LogP contribution in [0.2, 0.25) is 0 Å². The van der Waals surface area contributed by atoms with Crippen molar-refractivity contribution < 1.29 is 9.53 Å². The van der Waals surface area contributed by atoms with E-state index in [2.05, 4.69) is 5.32 Å². The molecule has 1 heterocycles. The number of morpholine rings is 1. The minimum atomic E-state index is 0.161. The summed E-state index contributed by atoms with van der Waals surface area (Å²) in [5, 5.41) is 3.05. The summed E-state index contributed by atoms with van der Waals surface area (Å²) in [5.41, 5.74) is 0. The van der Waals surface area contributed by atoms with E-state index in [0.29, 0.717) is 13.0 Å². The van der Waals surface area contributed by atoms with E-state index in [9.17, 15) is 4.79 Å². The summed E-state index contributed by atoms with van der Waals surface area (Å²) >= 11 is 0. The van der Waals surface area contributed by atoms with Crippen LogP contribution in [0.5, 0.6) is 0 Å². The van der Waals surface area contributed by atoms with Crippen LogP contribution in [0.15, 0.2) is 0 Å². The van der Waals surface area contributed by atoms with Crippen LogP contribution in [0.1, 0.15) is 13.3 Å². The molecular formula is C9H18N2O2. The van der Waals surface area contributed by atoms with Gasteiger partial charge in [0, 0.05) is 26.1 Å². The van der Waals surface area contributed by atoms with Gasteiger partial charge in [0.25, 0.3) is 0 Å². The van der Waals surface area contributed by atoms with E-state index in [1.807, 2.05) is 18.9 Å². The van der Waals surface area contributed by atoms with Gasteiger partial charge in [0.15, 0.2) is 0 Å². The summed E-state index contributed by atoms with van der Waals surface area (Å²) in [5.74, 6) is 0.226. The quantitative estimate of drug-likeness (QED) is 0.666. The van der Waals surface area contributed by atoms with Gasteiger partial charge in [-0.05, 0) is 7.05 Å². The second-order valence-corrected chi connectivity index (χ2v) is 3.24. The van der Waals surface area contributed by atoms with E-state index >= 15 is 0 Å². The molecule has 1 amide bonds. The van der Waals surface area contributed by atoms with Crippen molar-refractivity contribution >= 4 is 5.91 Å². The van der Waals surface area contributed by atoms with Gasteiger partial charge >= 0.3 is 0 Å². The number of nitrogens with zero attached hydrogens (tertiary/aromatic N) is 1. The molecule has 13 heavy (non-hydrogen) atoms. The van der Waals surface area contributed by atoms with Crippen molar-refractivity contribution in [1.29, 1.82) is 0 Å². The normalized spacial score (nSPS) is 23.2. The molecule has 1 aliphatic heterocycles. The molecule has 0 saturated carbocycles.